The van der Waals surface area contributed by atoms with E-state index in [1.165, 1.54) is 17.6 Å². The van der Waals surface area contributed by atoms with Gasteiger partial charge in [-0.3, -0.25) is 9.36 Å². The number of carbonyl (C=O) groups excluding carboxylic acids is 1. The van der Waals surface area contributed by atoms with Crippen LogP contribution in [0.2, 0.25) is 0 Å². The number of carbonyl (C=O) groups is 1. The Bertz CT molecular complexity index is 1110. The number of fused-ring (bicyclic) bond motifs is 1. The molecule has 2 aromatic heterocycles. The second-order valence-electron chi connectivity index (χ2n) is 6.69. The Kier molecular flexibility index (Phi) is 4.20. The van der Waals surface area contributed by atoms with Crippen LogP contribution in [-0.4, -0.2) is 25.5 Å². The highest BCUT2D eigenvalue weighted by molar-refractivity contribution is 5.92. The molecule has 0 radical (unpaired) electrons. The fourth-order valence-corrected chi connectivity index (χ4v) is 3.61. The van der Waals surface area contributed by atoms with Crippen LogP contribution < -0.4 is 0 Å². The van der Waals surface area contributed by atoms with Crippen LogP contribution in [0.25, 0.3) is 10.9 Å². The molecular weight excluding hydrogens is 340 g/mol. The predicted molar refractivity (Wildman–Crippen MR) is 104 cm³/mol. The average Bonchev–Trinajstić information content (AvgIpc) is 3.20. The third-order valence-electron chi connectivity index (χ3n) is 4.86. The highest BCUT2D eigenvalue weighted by atomic mass is 16.3. The maximum absolute atomic E-state index is 12.5. The Hall–Kier alpha value is -3.47. The molecule has 0 aliphatic heterocycles. The van der Waals surface area contributed by atoms with E-state index in [1.807, 2.05) is 54.6 Å². The SMILES string of the molecule is CC(=O)C(c1c[nH]c2ccccc12)n1c(O)cc(Cc2ccccc2)c1O. The summed E-state index contributed by atoms with van der Waals surface area (Å²) < 4.78 is 1.30. The third kappa shape index (κ3) is 2.97. The topological polar surface area (TPSA) is 78.2 Å². The maximum atomic E-state index is 12.5. The molecule has 4 aromatic rings. The lowest BCUT2D eigenvalue weighted by molar-refractivity contribution is -0.119. The van der Waals surface area contributed by atoms with Gasteiger partial charge in [0.05, 0.1) is 0 Å². The van der Waals surface area contributed by atoms with Crippen LogP contribution in [0.5, 0.6) is 11.8 Å². The largest absolute Gasteiger partial charge is 0.494 e. The number of nitrogens with zero attached hydrogens (tertiary/aromatic N) is 1. The van der Waals surface area contributed by atoms with Crippen LogP contribution in [0.3, 0.4) is 0 Å². The maximum Gasteiger partial charge on any atom is 0.198 e. The average molecular weight is 360 g/mol. The fourth-order valence-electron chi connectivity index (χ4n) is 3.61. The number of benzene rings is 2. The minimum Gasteiger partial charge on any atom is -0.494 e. The molecule has 0 amide bonds. The van der Waals surface area contributed by atoms with Crippen LogP contribution in [0.15, 0.2) is 66.9 Å². The summed E-state index contributed by atoms with van der Waals surface area (Å²) in [6.07, 6.45) is 2.22. The van der Waals surface area contributed by atoms with E-state index >= 15 is 0 Å². The van der Waals surface area contributed by atoms with E-state index in [9.17, 15) is 15.0 Å². The van der Waals surface area contributed by atoms with Gasteiger partial charge in [0.1, 0.15) is 6.04 Å². The Morgan fingerprint density at radius 1 is 1.07 bits per heavy atom. The van der Waals surface area contributed by atoms with E-state index < -0.39 is 6.04 Å². The normalized spacial score (nSPS) is 12.3. The third-order valence-corrected chi connectivity index (χ3v) is 4.86. The van der Waals surface area contributed by atoms with Crippen molar-refractivity contribution in [2.24, 2.45) is 0 Å². The van der Waals surface area contributed by atoms with Gasteiger partial charge in [0.15, 0.2) is 17.5 Å². The van der Waals surface area contributed by atoms with Gasteiger partial charge >= 0.3 is 0 Å². The number of hydrogen-bond donors (Lipinski definition) is 3. The number of aromatic amines is 1. The van der Waals surface area contributed by atoms with Gasteiger partial charge in [-0.2, -0.15) is 0 Å². The van der Waals surface area contributed by atoms with Crippen LogP contribution >= 0.6 is 0 Å². The van der Waals surface area contributed by atoms with Gasteiger partial charge in [-0.25, -0.2) is 0 Å². The van der Waals surface area contributed by atoms with Gasteiger partial charge in [-0.1, -0.05) is 48.5 Å². The second-order valence-corrected chi connectivity index (χ2v) is 6.69. The lowest BCUT2D eigenvalue weighted by atomic mass is 10.0. The summed E-state index contributed by atoms with van der Waals surface area (Å²) in [5.41, 5.74) is 3.20. The lowest BCUT2D eigenvalue weighted by Crippen LogP contribution is -2.17. The number of para-hydroxylation sites is 1. The monoisotopic (exact) mass is 360 g/mol. The number of aromatic hydroxyl groups is 2. The van der Waals surface area contributed by atoms with Gasteiger partial charge in [-0.05, 0) is 18.6 Å². The smallest absolute Gasteiger partial charge is 0.198 e. The van der Waals surface area contributed by atoms with Gasteiger partial charge in [-0.15, -0.1) is 0 Å². The van der Waals surface area contributed by atoms with Crippen molar-refractivity contribution < 1.29 is 15.0 Å². The number of aromatic nitrogens is 2. The molecule has 2 aromatic carbocycles. The molecule has 0 aliphatic rings. The van der Waals surface area contributed by atoms with E-state index in [1.54, 1.807) is 6.20 Å². The zero-order valence-electron chi connectivity index (χ0n) is 14.9. The van der Waals surface area contributed by atoms with Crippen LogP contribution in [0.1, 0.15) is 29.7 Å². The molecule has 0 spiro atoms. The summed E-state index contributed by atoms with van der Waals surface area (Å²) in [7, 11) is 0. The van der Waals surface area contributed by atoms with Crippen molar-refractivity contribution in [1.29, 1.82) is 0 Å². The molecule has 2 heterocycles. The molecule has 0 bridgehead atoms. The molecule has 3 N–H and O–H groups in total. The van der Waals surface area contributed by atoms with E-state index in [0.29, 0.717) is 17.5 Å². The molecule has 1 atom stereocenters. The van der Waals surface area contributed by atoms with E-state index in [-0.39, 0.29) is 17.5 Å². The van der Waals surface area contributed by atoms with Crippen molar-refractivity contribution in [1.82, 2.24) is 9.55 Å². The van der Waals surface area contributed by atoms with Gasteiger partial charge in [0, 0.05) is 40.7 Å². The summed E-state index contributed by atoms with van der Waals surface area (Å²) in [4.78, 5) is 15.7. The molecular formula is C22H20N2O3. The number of hydrogen-bond acceptors (Lipinski definition) is 3. The Balaban J connectivity index is 1.81. The quantitative estimate of drug-likeness (QED) is 0.500. The van der Waals surface area contributed by atoms with Crippen LogP contribution in [0, 0.1) is 0 Å². The zero-order chi connectivity index (χ0) is 19.0. The molecule has 27 heavy (non-hydrogen) atoms. The summed E-state index contributed by atoms with van der Waals surface area (Å²) in [6.45, 7) is 1.46. The first-order chi connectivity index (χ1) is 13.1. The molecule has 5 heteroatoms. The zero-order valence-corrected chi connectivity index (χ0v) is 14.9. The molecule has 0 fully saturated rings. The van der Waals surface area contributed by atoms with Crippen molar-refractivity contribution in [3.8, 4) is 11.8 Å². The molecule has 5 nitrogen and oxygen atoms in total. The Labute approximate surface area is 156 Å². The highest BCUT2D eigenvalue weighted by Gasteiger charge is 2.28. The molecule has 0 aliphatic carbocycles. The minimum absolute atomic E-state index is 0.0955. The highest BCUT2D eigenvalue weighted by Crippen LogP contribution is 2.38. The first kappa shape index (κ1) is 17.0. The van der Waals surface area contributed by atoms with Crippen molar-refractivity contribution >= 4 is 16.7 Å². The number of H-pyrrole nitrogens is 1. The van der Waals surface area contributed by atoms with E-state index in [4.69, 9.17) is 0 Å². The molecule has 1 unspecified atom stereocenters. The minimum atomic E-state index is -0.814. The molecule has 136 valence electrons. The van der Waals surface area contributed by atoms with E-state index in [0.717, 1.165) is 16.5 Å². The summed E-state index contributed by atoms with van der Waals surface area (Å²) >= 11 is 0. The second kappa shape index (κ2) is 6.68. The van der Waals surface area contributed by atoms with Crippen molar-refractivity contribution in [3.05, 3.63) is 83.6 Å². The molecule has 0 saturated heterocycles. The number of Topliss-reactive ketones (excluding diaryl/α,β-unsaturated/α-hetero) is 1. The summed E-state index contributed by atoms with van der Waals surface area (Å²) in [5.74, 6) is -0.405. The van der Waals surface area contributed by atoms with Gasteiger partial charge in [0.2, 0.25) is 0 Å². The first-order valence-electron chi connectivity index (χ1n) is 8.78. The van der Waals surface area contributed by atoms with Crippen molar-refractivity contribution in [2.45, 2.75) is 19.4 Å². The number of nitrogens with one attached hydrogen (secondary N) is 1. The van der Waals surface area contributed by atoms with Gasteiger partial charge in [0.25, 0.3) is 0 Å². The van der Waals surface area contributed by atoms with Crippen LogP contribution in [-0.2, 0) is 11.2 Å². The van der Waals surface area contributed by atoms with Crippen LogP contribution in [0.4, 0.5) is 0 Å². The summed E-state index contributed by atoms with van der Waals surface area (Å²) in [6, 6.07) is 18.0. The Morgan fingerprint density at radius 3 is 2.52 bits per heavy atom. The lowest BCUT2D eigenvalue weighted by Gasteiger charge is -2.18. The van der Waals surface area contributed by atoms with Crippen molar-refractivity contribution in [2.75, 3.05) is 0 Å². The summed E-state index contributed by atoms with van der Waals surface area (Å²) in [5, 5.41) is 22.2. The number of rotatable bonds is 5. The first-order valence-corrected chi connectivity index (χ1v) is 8.78. The van der Waals surface area contributed by atoms with Gasteiger partial charge < -0.3 is 15.2 Å². The Morgan fingerprint density at radius 2 is 1.78 bits per heavy atom. The number of ketones is 1. The fraction of sp³-hybridized carbons (Fsp3) is 0.136. The van der Waals surface area contributed by atoms with E-state index in [2.05, 4.69) is 4.98 Å². The molecule has 4 rings (SSSR count). The standard InChI is InChI=1S/C22H20N2O3/c1-14(25)21(18-13-23-19-10-6-5-9-17(18)19)24-20(26)12-16(22(24)27)11-15-7-3-2-4-8-15/h2-10,12-13,21,23,26-27H,11H2,1H3. The molecule has 0 saturated carbocycles. The van der Waals surface area contributed by atoms with Crippen molar-refractivity contribution in [3.63, 3.8) is 0 Å². The predicted octanol–water partition coefficient (Wildman–Crippen LogP) is 4.15.